The van der Waals surface area contributed by atoms with Crippen LogP contribution in [-0.2, 0) is 17.9 Å². The van der Waals surface area contributed by atoms with E-state index in [4.69, 9.17) is 11.6 Å². The van der Waals surface area contributed by atoms with Gasteiger partial charge in [0.15, 0.2) is 11.0 Å². The van der Waals surface area contributed by atoms with Crippen LogP contribution in [0.2, 0.25) is 5.02 Å². The van der Waals surface area contributed by atoms with Crippen LogP contribution in [0.5, 0.6) is 0 Å². The Balaban J connectivity index is 1.62. The SMILES string of the molecule is CCn1c(CNc2ccc(Cl)cc2)nnc1S[C@@H](C)C(=O)Nc1ccccc1. The molecule has 0 fully saturated rings. The fourth-order valence-electron chi connectivity index (χ4n) is 2.58. The van der Waals surface area contributed by atoms with E-state index in [0.717, 1.165) is 28.9 Å². The summed E-state index contributed by atoms with van der Waals surface area (Å²) in [4.78, 5) is 12.4. The van der Waals surface area contributed by atoms with Gasteiger partial charge < -0.3 is 15.2 Å². The summed E-state index contributed by atoms with van der Waals surface area (Å²) < 4.78 is 2.01. The van der Waals surface area contributed by atoms with E-state index in [-0.39, 0.29) is 11.2 Å². The largest absolute Gasteiger partial charge is 0.378 e. The quantitative estimate of drug-likeness (QED) is 0.522. The van der Waals surface area contributed by atoms with Gasteiger partial charge in [0.25, 0.3) is 0 Å². The average molecular weight is 416 g/mol. The Labute approximate surface area is 173 Å². The molecule has 0 radical (unpaired) electrons. The minimum Gasteiger partial charge on any atom is -0.378 e. The summed E-state index contributed by atoms with van der Waals surface area (Å²) in [5, 5.41) is 15.9. The zero-order valence-electron chi connectivity index (χ0n) is 15.7. The molecule has 0 aliphatic rings. The van der Waals surface area contributed by atoms with Gasteiger partial charge in [-0.3, -0.25) is 4.79 Å². The molecule has 0 aliphatic carbocycles. The Morgan fingerprint density at radius 1 is 1.11 bits per heavy atom. The molecule has 0 saturated carbocycles. The first kappa shape index (κ1) is 20.2. The fraction of sp³-hybridized carbons (Fsp3) is 0.250. The summed E-state index contributed by atoms with van der Waals surface area (Å²) in [6.45, 7) is 5.16. The number of thioether (sulfide) groups is 1. The Morgan fingerprint density at radius 3 is 2.50 bits per heavy atom. The Kier molecular flexibility index (Phi) is 6.95. The highest BCUT2D eigenvalue weighted by molar-refractivity contribution is 8.00. The third-order valence-electron chi connectivity index (χ3n) is 4.10. The smallest absolute Gasteiger partial charge is 0.237 e. The second kappa shape index (κ2) is 9.61. The van der Waals surface area contributed by atoms with Crippen LogP contribution in [0.15, 0.2) is 59.8 Å². The maximum Gasteiger partial charge on any atom is 0.237 e. The minimum absolute atomic E-state index is 0.0670. The maximum atomic E-state index is 12.4. The maximum absolute atomic E-state index is 12.4. The van der Waals surface area contributed by atoms with Crippen LogP contribution in [0, 0.1) is 0 Å². The van der Waals surface area contributed by atoms with E-state index in [1.54, 1.807) is 0 Å². The number of hydrogen-bond donors (Lipinski definition) is 2. The molecule has 2 aromatic carbocycles. The average Bonchev–Trinajstić information content (AvgIpc) is 3.09. The number of amides is 1. The van der Waals surface area contributed by atoms with Gasteiger partial charge in [-0.1, -0.05) is 41.6 Å². The van der Waals surface area contributed by atoms with Crippen molar-refractivity contribution in [2.75, 3.05) is 10.6 Å². The van der Waals surface area contributed by atoms with Crippen molar-refractivity contribution in [3.8, 4) is 0 Å². The van der Waals surface area contributed by atoms with Crippen molar-refractivity contribution in [2.24, 2.45) is 0 Å². The first-order chi connectivity index (χ1) is 13.6. The molecule has 1 aromatic heterocycles. The van der Waals surface area contributed by atoms with Crippen molar-refractivity contribution in [1.29, 1.82) is 0 Å². The van der Waals surface area contributed by atoms with Gasteiger partial charge in [0.2, 0.25) is 5.91 Å². The number of anilines is 2. The zero-order valence-corrected chi connectivity index (χ0v) is 17.3. The number of carbonyl (C=O) groups is 1. The number of rotatable bonds is 8. The van der Waals surface area contributed by atoms with E-state index in [1.807, 2.05) is 73.0 Å². The number of carbonyl (C=O) groups excluding carboxylic acids is 1. The summed E-state index contributed by atoms with van der Waals surface area (Å²) in [7, 11) is 0. The van der Waals surface area contributed by atoms with Crippen molar-refractivity contribution in [1.82, 2.24) is 14.8 Å². The first-order valence-corrected chi connectivity index (χ1v) is 10.3. The predicted octanol–water partition coefficient (Wildman–Crippen LogP) is 4.68. The fourth-order valence-corrected chi connectivity index (χ4v) is 3.64. The van der Waals surface area contributed by atoms with Crippen LogP contribution < -0.4 is 10.6 Å². The molecule has 3 aromatic rings. The van der Waals surface area contributed by atoms with Gasteiger partial charge in [0.05, 0.1) is 11.8 Å². The third-order valence-corrected chi connectivity index (χ3v) is 5.43. The van der Waals surface area contributed by atoms with Gasteiger partial charge in [-0.15, -0.1) is 10.2 Å². The van der Waals surface area contributed by atoms with E-state index in [1.165, 1.54) is 11.8 Å². The number of para-hydroxylation sites is 1. The first-order valence-electron chi connectivity index (χ1n) is 9.01. The molecular weight excluding hydrogens is 394 g/mol. The number of benzene rings is 2. The molecule has 0 aliphatic heterocycles. The van der Waals surface area contributed by atoms with Gasteiger partial charge in [-0.05, 0) is 50.2 Å². The lowest BCUT2D eigenvalue weighted by Gasteiger charge is -2.13. The zero-order chi connectivity index (χ0) is 19.9. The number of nitrogens with one attached hydrogen (secondary N) is 2. The molecule has 0 unspecified atom stereocenters. The molecule has 1 heterocycles. The van der Waals surface area contributed by atoms with Crippen LogP contribution in [0.25, 0.3) is 0 Å². The highest BCUT2D eigenvalue weighted by atomic mass is 35.5. The monoisotopic (exact) mass is 415 g/mol. The summed E-state index contributed by atoms with van der Waals surface area (Å²) in [5.74, 6) is 0.748. The molecule has 0 spiro atoms. The number of hydrogen-bond acceptors (Lipinski definition) is 5. The van der Waals surface area contributed by atoms with E-state index < -0.39 is 0 Å². The van der Waals surface area contributed by atoms with Crippen LogP contribution in [0.1, 0.15) is 19.7 Å². The number of nitrogens with zero attached hydrogens (tertiary/aromatic N) is 3. The Bertz CT molecular complexity index is 914. The standard InChI is InChI=1S/C20H22ClN5OS/c1-3-26-18(13-22-16-11-9-15(21)10-12-16)24-25-20(26)28-14(2)19(27)23-17-7-5-4-6-8-17/h4-12,14,22H,3,13H2,1-2H3,(H,23,27)/t14-/m0/s1. The van der Waals surface area contributed by atoms with Crippen molar-refractivity contribution in [3.63, 3.8) is 0 Å². The molecular formula is C20H22ClN5OS. The Morgan fingerprint density at radius 2 is 1.82 bits per heavy atom. The lowest BCUT2D eigenvalue weighted by Crippen LogP contribution is -2.23. The molecule has 28 heavy (non-hydrogen) atoms. The molecule has 0 saturated heterocycles. The van der Waals surface area contributed by atoms with Crippen molar-refractivity contribution in [2.45, 2.75) is 37.3 Å². The molecule has 6 nitrogen and oxygen atoms in total. The second-order valence-corrected chi connectivity index (χ2v) is 7.86. The van der Waals surface area contributed by atoms with E-state index in [9.17, 15) is 4.79 Å². The van der Waals surface area contributed by atoms with Crippen LogP contribution in [0.4, 0.5) is 11.4 Å². The van der Waals surface area contributed by atoms with Crippen LogP contribution in [-0.4, -0.2) is 25.9 Å². The van der Waals surface area contributed by atoms with Crippen LogP contribution >= 0.6 is 23.4 Å². The molecule has 1 amide bonds. The van der Waals surface area contributed by atoms with Crippen molar-refractivity contribution >= 4 is 40.6 Å². The molecule has 3 rings (SSSR count). The van der Waals surface area contributed by atoms with Crippen molar-refractivity contribution in [3.05, 3.63) is 65.4 Å². The molecule has 2 N–H and O–H groups in total. The van der Waals surface area contributed by atoms with E-state index >= 15 is 0 Å². The summed E-state index contributed by atoms with van der Waals surface area (Å²) >= 11 is 7.31. The molecule has 146 valence electrons. The predicted molar refractivity (Wildman–Crippen MR) is 115 cm³/mol. The third kappa shape index (κ3) is 5.27. The van der Waals surface area contributed by atoms with Gasteiger partial charge >= 0.3 is 0 Å². The highest BCUT2D eigenvalue weighted by Crippen LogP contribution is 2.24. The molecule has 1 atom stereocenters. The number of halogens is 1. The van der Waals surface area contributed by atoms with Crippen molar-refractivity contribution < 1.29 is 4.79 Å². The van der Waals surface area contributed by atoms with Crippen LogP contribution in [0.3, 0.4) is 0 Å². The lowest BCUT2D eigenvalue weighted by atomic mass is 10.3. The molecule has 0 bridgehead atoms. The van der Waals surface area contributed by atoms with Gasteiger partial charge in [0.1, 0.15) is 0 Å². The van der Waals surface area contributed by atoms with E-state index in [2.05, 4.69) is 20.8 Å². The van der Waals surface area contributed by atoms with Gasteiger partial charge in [-0.25, -0.2) is 0 Å². The van der Waals surface area contributed by atoms with Gasteiger partial charge in [0, 0.05) is 22.9 Å². The molecule has 8 heteroatoms. The van der Waals surface area contributed by atoms with Gasteiger partial charge in [-0.2, -0.15) is 0 Å². The topological polar surface area (TPSA) is 71.8 Å². The summed E-state index contributed by atoms with van der Waals surface area (Å²) in [6.07, 6.45) is 0. The summed E-state index contributed by atoms with van der Waals surface area (Å²) in [5.41, 5.74) is 1.74. The summed E-state index contributed by atoms with van der Waals surface area (Å²) in [6, 6.07) is 16.9. The Hall–Kier alpha value is -2.51. The second-order valence-electron chi connectivity index (χ2n) is 6.12. The highest BCUT2D eigenvalue weighted by Gasteiger charge is 2.19. The minimum atomic E-state index is -0.299. The number of aromatic nitrogens is 3. The normalized spacial score (nSPS) is 11.8. The van der Waals surface area contributed by atoms with E-state index in [0.29, 0.717) is 11.6 Å². The lowest BCUT2D eigenvalue weighted by molar-refractivity contribution is -0.115.